The van der Waals surface area contributed by atoms with Crippen LogP contribution in [0, 0.1) is 0 Å². The maximum atomic E-state index is 12.9. The standard InChI is InChI=1S/C17H17ClF3N3O4S2/c1-29(25,26)13-3-2-4-14(10-13)30(27,28)24-7-5-23(6-8-24)16-15(18)9-12(11-22-16)17(19,20)21/h2-4,9-11H,5-8H2,1H3. The minimum atomic E-state index is -4.57. The third kappa shape index (κ3) is 4.71. The lowest BCUT2D eigenvalue weighted by Gasteiger charge is -2.35. The van der Waals surface area contributed by atoms with Gasteiger partial charge < -0.3 is 4.90 Å². The van der Waals surface area contributed by atoms with Crippen LogP contribution in [0.1, 0.15) is 5.56 Å². The lowest BCUT2D eigenvalue weighted by atomic mass is 10.2. The molecule has 0 radical (unpaired) electrons. The summed E-state index contributed by atoms with van der Waals surface area (Å²) in [5.74, 6) is 0.140. The van der Waals surface area contributed by atoms with Gasteiger partial charge in [0, 0.05) is 38.6 Å². The van der Waals surface area contributed by atoms with E-state index in [1.54, 1.807) is 4.90 Å². The van der Waals surface area contributed by atoms with Gasteiger partial charge in [-0.3, -0.25) is 0 Å². The molecule has 0 spiro atoms. The molecule has 2 aromatic rings. The smallest absolute Gasteiger partial charge is 0.353 e. The van der Waals surface area contributed by atoms with Crippen molar-refractivity contribution in [2.24, 2.45) is 0 Å². The molecule has 1 aliphatic rings. The Morgan fingerprint density at radius 1 is 1.00 bits per heavy atom. The van der Waals surface area contributed by atoms with Gasteiger partial charge in [0.15, 0.2) is 9.84 Å². The molecule has 7 nitrogen and oxygen atoms in total. The van der Waals surface area contributed by atoms with E-state index >= 15 is 0 Å². The predicted molar refractivity (Wildman–Crippen MR) is 105 cm³/mol. The van der Waals surface area contributed by atoms with Crippen LogP contribution in [0.3, 0.4) is 0 Å². The Kier molecular flexibility index (Phi) is 6.07. The molecule has 0 atom stereocenters. The van der Waals surface area contributed by atoms with Gasteiger partial charge in [-0.15, -0.1) is 0 Å². The Balaban J connectivity index is 1.77. The van der Waals surface area contributed by atoms with Crippen LogP contribution in [0.15, 0.2) is 46.3 Å². The number of pyridine rings is 1. The van der Waals surface area contributed by atoms with Gasteiger partial charge in [-0.05, 0) is 24.3 Å². The van der Waals surface area contributed by atoms with Crippen LogP contribution in [0.25, 0.3) is 0 Å². The van der Waals surface area contributed by atoms with Crippen molar-refractivity contribution in [3.05, 3.63) is 47.1 Å². The van der Waals surface area contributed by atoms with E-state index in [9.17, 15) is 30.0 Å². The molecule has 1 aliphatic heterocycles. The summed E-state index contributed by atoms with van der Waals surface area (Å²) in [7, 11) is -7.52. The number of sulfonamides is 1. The lowest BCUT2D eigenvalue weighted by molar-refractivity contribution is -0.137. The number of nitrogens with zero attached hydrogens (tertiary/aromatic N) is 3. The summed E-state index contributed by atoms with van der Waals surface area (Å²) in [6, 6.07) is 5.86. The maximum absolute atomic E-state index is 12.9. The number of alkyl halides is 3. The first-order valence-corrected chi connectivity index (χ1v) is 12.3. The fraction of sp³-hybridized carbons (Fsp3) is 0.353. The van der Waals surface area contributed by atoms with Crippen LogP contribution in [0.5, 0.6) is 0 Å². The van der Waals surface area contributed by atoms with E-state index in [0.717, 1.165) is 18.4 Å². The first kappa shape index (κ1) is 22.8. The Morgan fingerprint density at radius 2 is 1.60 bits per heavy atom. The second kappa shape index (κ2) is 7.98. The van der Waals surface area contributed by atoms with Gasteiger partial charge in [0.05, 0.1) is 20.4 Å². The second-order valence-electron chi connectivity index (χ2n) is 6.67. The molecule has 3 rings (SSSR count). The van der Waals surface area contributed by atoms with E-state index < -0.39 is 31.6 Å². The average molecular weight is 484 g/mol. The summed E-state index contributed by atoms with van der Waals surface area (Å²) >= 11 is 5.96. The van der Waals surface area contributed by atoms with Gasteiger partial charge in [-0.1, -0.05) is 17.7 Å². The van der Waals surface area contributed by atoms with Crippen LogP contribution in [-0.4, -0.2) is 58.6 Å². The number of rotatable bonds is 4. The number of piperazine rings is 1. The molecule has 1 aromatic carbocycles. The summed E-state index contributed by atoms with van der Waals surface area (Å²) in [5.41, 5.74) is -0.969. The molecule has 0 bridgehead atoms. The Hall–Kier alpha value is -1.89. The third-order valence-corrected chi connectivity index (χ3v) is 7.84. The predicted octanol–water partition coefficient (Wildman–Crippen LogP) is 2.67. The minimum Gasteiger partial charge on any atom is -0.353 e. The van der Waals surface area contributed by atoms with Crippen LogP contribution in [0.2, 0.25) is 5.02 Å². The van der Waals surface area contributed by atoms with Crippen LogP contribution >= 0.6 is 11.6 Å². The Morgan fingerprint density at radius 3 is 2.13 bits per heavy atom. The van der Waals surface area contributed by atoms with E-state index in [-0.39, 0.29) is 46.8 Å². The van der Waals surface area contributed by atoms with Gasteiger partial charge >= 0.3 is 6.18 Å². The van der Waals surface area contributed by atoms with E-state index in [2.05, 4.69) is 4.98 Å². The molecular weight excluding hydrogens is 467 g/mol. The average Bonchev–Trinajstić information content (AvgIpc) is 2.67. The van der Waals surface area contributed by atoms with Crippen molar-refractivity contribution in [1.82, 2.24) is 9.29 Å². The molecule has 0 aliphatic carbocycles. The van der Waals surface area contributed by atoms with E-state index in [1.807, 2.05) is 0 Å². The molecule has 0 saturated carbocycles. The number of sulfone groups is 1. The van der Waals surface area contributed by atoms with Crippen molar-refractivity contribution in [3.63, 3.8) is 0 Å². The van der Waals surface area contributed by atoms with E-state index in [0.29, 0.717) is 6.20 Å². The highest BCUT2D eigenvalue weighted by Crippen LogP contribution is 2.34. The number of benzene rings is 1. The van der Waals surface area contributed by atoms with Crippen molar-refractivity contribution in [1.29, 1.82) is 0 Å². The van der Waals surface area contributed by atoms with Crippen molar-refractivity contribution < 1.29 is 30.0 Å². The van der Waals surface area contributed by atoms with Gasteiger partial charge in [-0.2, -0.15) is 17.5 Å². The van der Waals surface area contributed by atoms with E-state index in [4.69, 9.17) is 11.6 Å². The van der Waals surface area contributed by atoms with E-state index in [1.165, 1.54) is 22.5 Å². The topological polar surface area (TPSA) is 87.6 Å². The molecule has 164 valence electrons. The minimum absolute atomic E-state index is 0.0322. The first-order chi connectivity index (χ1) is 13.8. The zero-order valence-electron chi connectivity index (χ0n) is 15.6. The highest BCUT2D eigenvalue weighted by Gasteiger charge is 2.33. The zero-order valence-corrected chi connectivity index (χ0v) is 18.0. The molecule has 13 heteroatoms. The van der Waals surface area contributed by atoms with Crippen molar-refractivity contribution >= 4 is 37.3 Å². The fourth-order valence-corrected chi connectivity index (χ4v) is 5.47. The Bertz CT molecular complexity index is 1160. The largest absolute Gasteiger partial charge is 0.417 e. The SMILES string of the molecule is CS(=O)(=O)c1cccc(S(=O)(=O)N2CCN(c3ncc(C(F)(F)F)cc3Cl)CC2)c1. The Labute approximate surface area is 177 Å². The van der Waals surface area contributed by atoms with Gasteiger partial charge in [0.1, 0.15) is 5.82 Å². The summed E-state index contributed by atoms with van der Waals surface area (Å²) < 4.78 is 88.6. The maximum Gasteiger partial charge on any atom is 0.417 e. The summed E-state index contributed by atoms with van der Waals surface area (Å²) in [5, 5.41) is -0.179. The van der Waals surface area contributed by atoms with Crippen LogP contribution in [0.4, 0.5) is 19.0 Å². The van der Waals surface area contributed by atoms with Gasteiger partial charge in [0.2, 0.25) is 10.0 Å². The van der Waals surface area contributed by atoms with Crippen LogP contribution < -0.4 is 4.90 Å². The number of anilines is 1. The molecule has 0 unspecified atom stereocenters. The molecule has 30 heavy (non-hydrogen) atoms. The van der Waals surface area contributed by atoms with Gasteiger partial charge in [-0.25, -0.2) is 21.8 Å². The normalized spacial score (nSPS) is 16.6. The summed E-state index contributed by atoms with van der Waals surface area (Å²) in [6.45, 7) is 0.376. The molecule has 1 aromatic heterocycles. The number of halogens is 4. The molecule has 1 fully saturated rings. The quantitative estimate of drug-likeness (QED) is 0.664. The third-order valence-electron chi connectivity index (χ3n) is 4.56. The first-order valence-electron chi connectivity index (χ1n) is 8.58. The molecule has 2 heterocycles. The summed E-state index contributed by atoms with van der Waals surface area (Å²) in [6.07, 6.45) is -2.90. The van der Waals surface area contributed by atoms with Crippen molar-refractivity contribution in [3.8, 4) is 0 Å². The van der Waals surface area contributed by atoms with Crippen LogP contribution in [-0.2, 0) is 26.0 Å². The molecule has 1 saturated heterocycles. The molecule has 0 amide bonds. The van der Waals surface area contributed by atoms with Crippen molar-refractivity contribution in [2.45, 2.75) is 16.0 Å². The zero-order chi connectivity index (χ0) is 22.3. The molecule has 0 N–H and O–H groups in total. The number of hydrogen-bond donors (Lipinski definition) is 0. The fourth-order valence-electron chi connectivity index (χ4n) is 2.97. The highest BCUT2D eigenvalue weighted by molar-refractivity contribution is 7.91. The van der Waals surface area contributed by atoms with Crippen molar-refractivity contribution in [2.75, 3.05) is 37.3 Å². The monoisotopic (exact) mass is 483 g/mol. The highest BCUT2D eigenvalue weighted by atomic mass is 35.5. The second-order valence-corrected chi connectivity index (χ2v) is 11.0. The summed E-state index contributed by atoms with van der Waals surface area (Å²) in [4.78, 5) is 5.13. The van der Waals surface area contributed by atoms with Gasteiger partial charge in [0.25, 0.3) is 0 Å². The lowest BCUT2D eigenvalue weighted by Crippen LogP contribution is -2.49. The number of hydrogen-bond acceptors (Lipinski definition) is 6. The molecular formula is C17H17ClF3N3O4S2. The number of aromatic nitrogens is 1.